The number of carbonyl (C=O) groups is 2. The van der Waals surface area contributed by atoms with Gasteiger partial charge in [-0.3, -0.25) is 4.79 Å². The van der Waals surface area contributed by atoms with Gasteiger partial charge in [-0.15, -0.1) is 0 Å². The standard InChI is InChI=1S/C11H8FNO3/c1-2-16-11(15)9-3-7(5-13)10(12)4-8(9)6-14/h3-4,6H,2H2,1H3. The van der Waals surface area contributed by atoms with Crippen LogP contribution in [0.25, 0.3) is 0 Å². The van der Waals surface area contributed by atoms with E-state index in [0.717, 1.165) is 12.1 Å². The van der Waals surface area contributed by atoms with Crippen molar-refractivity contribution in [2.45, 2.75) is 6.92 Å². The Labute approximate surface area is 91.3 Å². The van der Waals surface area contributed by atoms with Gasteiger partial charge in [-0.2, -0.15) is 5.26 Å². The Kier molecular flexibility index (Phi) is 3.72. The van der Waals surface area contributed by atoms with Crippen molar-refractivity contribution in [3.8, 4) is 6.07 Å². The van der Waals surface area contributed by atoms with E-state index in [0.29, 0.717) is 6.29 Å². The molecule has 1 aromatic carbocycles. The van der Waals surface area contributed by atoms with Crippen LogP contribution in [-0.4, -0.2) is 18.9 Å². The quantitative estimate of drug-likeness (QED) is 0.575. The maximum Gasteiger partial charge on any atom is 0.338 e. The fraction of sp³-hybridized carbons (Fsp3) is 0.182. The van der Waals surface area contributed by atoms with Crippen LogP contribution in [0.15, 0.2) is 12.1 Å². The molecule has 0 saturated carbocycles. The second-order valence-corrected chi connectivity index (χ2v) is 2.87. The number of hydrogen-bond donors (Lipinski definition) is 0. The molecule has 0 aliphatic carbocycles. The molecule has 0 aliphatic heterocycles. The molecule has 0 heterocycles. The van der Waals surface area contributed by atoms with Gasteiger partial charge in [0.25, 0.3) is 0 Å². The average Bonchev–Trinajstić information content (AvgIpc) is 2.28. The molecule has 0 spiro atoms. The molecule has 0 fully saturated rings. The third-order valence-electron chi connectivity index (χ3n) is 1.88. The number of rotatable bonds is 3. The van der Waals surface area contributed by atoms with Gasteiger partial charge < -0.3 is 4.74 Å². The highest BCUT2D eigenvalue weighted by Crippen LogP contribution is 2.15. The number of nitrogens with zero attached hydrogens (tertiary/aromatic N) is 1. The number of hydrogen-bond acceptors (Lipinski definition) is 4. The van der Waals surface area contributed by atoms with Crippen LogP contribution >= 0.6 is 0 Å². The van der Waals surface area contributed by atoms with Crippen molar-refractivity contribution >= 4 is 12.3 Å². The van der Waals surface area contributed by atoms with Crippen molar-refractivity contribution in [3.05, 3.63) is 34.6 Å². The molecule has 0 aliphatic rings. The number of aldehydes is 1. The lowest BCUT2D eigenvalue weighted by Gasteiger charge is -2.05. The minimum Gasteiger partial charge on any atom is -0.462 e. The first-order valence-electron chi connectivity index (χ1n) is 4.50. The molecule has 0 saturated heterocycles. The molecule has 0 radical (unpaired) electrons. The third kappa shape index (κ3) is 2.23. The second kappa shape index (κ2) is 5.03. The van der Waals surface area contributed by atoms with Crippen molar-refractivity contribution in [2.75, 3.05) is 6.61 Å². The van der Waals surface area contributed by atoms with E-state index in [2.05, 4.69) is 4.74 Å². The Hall–Kier alpha value is -2.22. The van der Waals surface area contributed by atoms with Crippen LogP contribution in [0, 0.1) is 17.1 Å². The molecule has 0 aromatic heterocycles. The first-order chi connectivity index (χ1) is 7.63. The summed E-state index contributed by atoms with van der Waals surface area (Å²) in [7, 11) is 0. The highest BCUT2D eigenvalue weighted by Gasteiger charge is 2.16. The molecule has 4 nitrogen and oxygen atoms in total. The number of benzene rings is 1. The molecule has 16 heavy (non-hydrogen) atoms. The van der Waals surface area contributed by atoms with Gasteiger partial charge in [-0.25, -0.2) is 9.18 Å². The van der Waals surface area contributed by atoms with Crippen LogP contribution in [0.1, 0.15) is 33.2 Å². The molecule has 0 N–H and O–H groups in total. The van der Waals surface area contributed by atoms with Crippen molar-refractivity contribution in [1.82, 2.24) is 0 Å². The lowest BCUT2D eigenvalue weighted by Crippen LogP contribution is -2.09. The minimum absolute atomic E-state index is 0.102. The van der Waals surface area contributed by atoms with E-state index in [1.165, 1.54) is 0 Å². The molecule has 5 heteroatoms. The molecular weight excluding hydrogens is 213 g/mol. The SMILES string of the molecule is CCOC(=O)c1cc(C#N)c(F)cc1C=O. The van der Waals surface area contributed by atoms with Crippen molar-refractivity contribution < 1.29 is 18.7 Å². The molecule has 0 bridgehead atoms. The van der Waals surface area contributed by atoms with Crippen molar-refractivity contribution in [2.24, 2.45) is 0 Å². The number of nitriles is 1. The molecule has 0 unspecified atom stereocenters. The van der Waals surface area contributed by atoms with E-state index in [-0.39, 0.29) is 23.3 Å². The first kappa shape index (κ1) is 11.9. The minimum atomic E-state index is -0.836. The van der Waals surface area contributed by atoms with E-state index in [1.807, 2.05) is 0 Å². The average molecular weight is 221 g/mol. The number of carbonyl (C=O) groups excluding carboxylic acids is 2. The van der Waals surface area contributed by atoms with Gasteiger partial charge in [0.2, 0.25) is 0 Å². The highest BCUT2D eigenvalue weighted by atomic mass is 19.1. The monoisotopic (exact) mass is 221 g/mol. The van der Waals surface area contributed by atoms with E-state index >= 15 is 0 Å². The Morgan fingerprint density at radius 2 is 2.31 bits per heavy atom. The summed E-state index contributed by atoms with van der Waals surface area (Å²) in [5, 5.41) is 8.59. The Morgan fingerprint density at radius 3 is 2.81 bits per heavy atom. The van der Waals surface area contributed by atoms with Gasteiger partial charge in [0.15, 0.2) is 6.29 Å². The van der Waals surface area contributed by atoms with Crippen LogP contribution < -0.4 is 0 Å². The Morgan fingerprint density at radius 1 is 1.62 bits per heavy atom. The lowest BCUT2D eigenvalue weighted by atomic mass is 10.0. The zero-order chi connectivity index (χ0) is 12.1. The van der Waals surface area contributed by atoms with Crippen LogP contribution in [0.3, 0.4) is 0 Å². The predicted octanol–water partition coefficient (Wildman–Crippen LogP) is 1.69. The highest BCUT2D eigenvalue weighted by molar-refractivity contribution is 5.98. The van der Waals surface area contributed by atoms with E-state index in [9.17, 15) is 14.0 Å². The summed E-state index contributed by atoms with van der Waals surface area (Å²) in [6, 6.07) is 3.44. The fourth-order valence-electron chi connectivity index (χ4n) is 1.16. The predicted molar refractivity (Wildman–Crippen MR) is 52.5 cm³/mol. The van der Waals surface area contributed by atoms with Crippen molar-refractivity contribution in [1.29, 1.82) is 5.26 Å². The van der Waals surface area contributed by atoms with E-state index in [1.54, 1.807) is 13.0 Å². The topological polar surface area (TPSA) is 67.2 Å². The molecule has 1 rings (SSSR count). The van der Waals surface area contributed by atoms with Crippen molar-refractivity contribution in [3.63, 3.8) is 0 Å². The molecular formula is C11H8FNO3. The molecule has 1 aromatic rings. The normalized spacial score (nSPS) is 9.31. The molecule has 82 valence electrons. The summed E-state index contributed by atoms with van der Waals surface area (Å²) >= 11 is 0. The third-order valence-corrected chi connectivity index (χ3v) is 1.88. The number of halogens is 1. The number of ether oxygens (including phenoxy) is 1. The second-order valence-electron chi connectivity index (χ2n) is 2.87. The molecule has 0 atom stereocenters. The van der Waals surface area contributed by atoms with Crippen LogP contribution in [-0.2, 0) is 4.74 Å². The van der Waals surface area contributed by atoms with Gasteiger partial charge in [0.05, 0.1) is 17.7 Å². The lowest BCUT2D eigenvalue weighted by molar-refractivity contribution is 0.0524. The zero-order valence-corrected chi connectivity index (χ0v) is 8.49. The van der Waals surface area contributed by atoms with Gasteiger partial charge in [0.1, 0.15) is 11.9 Å². The van der Waals surface area contributed by atoms with Gasteiger partial charge >= 0.3 is 5.97 Å². The Bertz CT molecular complexity index is 477. The zero-order valence-electron chi connectivity index (χ0n) is 8.49. The summed E-state index contributed by atoms with van der Waals surface area (Å²) in [4.78, 5) is 22.0. The van der Waals surface area contributed by atoms with Gasteiger partial charge in [0, 0.05) is 5.56 Å². The van der Waals surface area contributed by atoms with Crippen LogP contribution in [0.5, 0.6) is 0 Å². The smallest absolute Gasteiger partial charge is 0.338 e. The largest absolute Gasteiger partial charge is 0.462 e. The maximum atomic E-state index is 13.1. The summed E-state index contributed by atoms with van der Waals surface area (Å²) < 4.78 is 17.8. The first-order valence-corrected chi connectivity index (χ1v) is 4.50. The summed E-state index contributed by atoms with van der Waals surface area (Å²) in [5.74, 6) is -1.58. The molecule has 0 amide bonds. The number of esters is 1. The van der Waals surface area contributed by atoms with Gasteiger partial charge in [-0.1, -0.05) is 0 Å². The van der Waals surface area contributed by atoms with Gasteiger partial charge in [-0.05, 0) is 19.1 Å². The van der Waals surface area contributed by atoms with Crippen LogP contribution in [0.2, 0.25) is 0 Å². The summed E-state index contributed by atoms with van der Waals surface area (Å²) in [6.07, 6.45) is 0.344. The van der Waals surface area contributed by atoms with E-state index < -0.39 is 11.8 Å². The summed E-state index contributed by atoms with van der Waals surface area (Å²) in [5.41, 5.74) is -0.529. The fourth-order valence-corrected chi connectivity index (χ4v) is 1.16. The van der Waals surface area contributed by atoms with Crippen LogP contribution in [0.4, 0.5) is 4.39 Å². The summed E-state index contributed by atoms with van der Waals surface area (Å²) in [6.45, 7) is 1.74. The Balaban J connectivity index is 3.31. The van der Waals surface area contributed by atoms with E-state index in [4.69, 9.17) is 5.26 Å². The maximum absolute atomic E-state index is 13.1.